The molecule has 0 aliphatic heterocycles. The summed E-state index contributed by atoms with van der Waals surface area (Å²) >= 11 is 3.52. The number of aromatic nitrogens is 3. The molecular formula is C17H17BrN4O2. The predicted octanol–water partition coefficient (Wildman–Crippen LogP) is 3.02. The van der Waals surface area contributed by atoms with Gasteiger partial charge in [-0.05, 0) is 40.5 Å². The number of ether oxygens (including phenoxy) is 1. The van der Waals surface area contributed by atoms with E-state index in [0.29, 0.717) is 12.2 Å². The Morgan fingerprint density at radius 1 is 1.29 bits per heavy atom. The number of carbonyl (C=O) groups is 1. The normalized spacial score (nSPS) is 10.8. The molecule has 2 heterocycles. The van der Waals surface area contributed by atoms with Crippen LogP contribution in [-0.4, -0.2) is 34.1 Å². The highest BCUT2D eigenvalue weighted by atomic mass is 79.9. The molecule has 0 radical (unpaired) electrons. The smallest absolute Gasteiger partial charge is 0.270 e. The zero-order valence-electron chi connectivity index (χ0n) is 13.2. The Bertz CT molecular complexity index is 849. The third-order valence-corrected chi connectivity index (χ3v) is 4.54. The van der Waals surface area contributed by atoms with Crippen LogP contribution in [0.5, 0.6) is 5.75 Å². The van der Waals surface area contributed by atoms with Gasteiger partial charge in [0.1, 0.15) is 11.4 Å². The highest BCUT2D eigenvalue weighted by molar-refractivity contribution is 9.10. The van der Waals surface area contributed by atoms with Crippen molar-refractivity contribution in [2.75, 3.05) is 13.7 Å². The molecule has 0 aliphatic rings. The largest absolute Gasteiger partial charge is 0.496 e. The fourth-order valence-electron chi connectivity index (χ4n) is 2.50. The van der Waals surface area contributed by atoms with Gasteiger partial charge in [-0.2, -0.15) is 0 Å². The Morgan fingerprint density at radius 3 is 2.92 bits per heavy atom. The van der Waals surface area contributed by atoms with Crippen LogP contribution in [0.15, 0.2) is 47.6 Å². The van der Waals surface area contributed by atoms with Crippen LogP contribution < -0.4 is 10.1 Å². The molecule has 3 aromatic rings. The summed E-state index contributed by atoms with van der Waals surface area (Å²) in [6.07, 6.45) is 7.86. The number of amides is 1. The van der Waals surface area contributed by atoms with E-state index in [1.807, 2.05) is 29.0 Å². The van der Waals surface area contributed by atoms with Crippen molar-refractivity contribution < 1.29 is 9.53 Å². The number of carbonyl (C=O) groups excluding carboxylic acids is 1. The lowest BCUT2D eigenvalue weighted by Gasteiger charge is -2.10. The minimum Gasteiger partial charge on any atom is -0.496 e. The van der Waals surface area contributed by atoms with Crippen molar-refractivity contribution in [2.45, 2.75) is 13.0 Å². The molecule has 0 unspecified atom stereocenters. The number of hydrogen-bond acceptors (Lipinski definition) is 4. The van der Waals surface area contributed by atoms with Gasteiger partial charge in [0.15, 0.2) is 0 Å². The molecule has 0 spiro atoms. The molecule has 0 fully saturated rings. The number of nitrogens with one attached hydrogen (secondary N) is 1. The molecule has 7 heteroatoms. The Hall–Kier alpha value is -2.41. The van der Waals surface area contributed by atoms with Gasteiger partial charge >= 0.3 is 0 Å². The van der Waals surface area contributed by atoms with Gasteiger partial charge in [0.25, 0.3) is 5.91 Å². The fourth-order valence-corrected chi connectivity index (χ4v) is 3.14. The molecule has 124 valence electrons. The van der Waals surface area contributed by atoms with Crippen molar-refractivity contribution in [3.63, 3.8) is 0 Å². The van der Waals surface area contributed by atoms with E-state index in [9.17, 15) is 4.79 Å². The summed E-state index contributed by atoms with van der Waals surface area (Å²) in [5.74, 6) is 0.545. The summed E-state index contributed by atoms with van der Waals surface area (Å²) in [4.78, 5) is 20.7. The lowest BCUT2D eigenvalue weighted by Crippen LogP contribution is -2.26. The molecule has 2 aromatic heterocycles. The van der Waals surface area contributed by atoms with Crippen molar-refractivity contribution in [1.29, 1.82) is 0 Å². The average molecular weight is 389 g/mol. The molecule has 6 nitrogen and oxygen atoms in total. The second-order valence-electron chi connectivity index (χ2n) is 5.25. The molecule has 0 aliphatic carbocycles. The standard InChI is InChI=1S/C17H17BrN4O2/c1-24-14-4-3-13-12(15(14)18)5-7-20-16(13)17(23)21-6-2-9-22-10-8-19-11-22/h3-5,7-8,10-11H,2,6,9H2,1H3,(H,21,23). The monoisotopic (exact) mass is 388 g/mol. The lowest BCUT2D eigenvalue weighted by atomic mass is 10.1. The van der Waals surface area contributed by atoms with E-state index in [4.69, 9.17) is 4.74 Å². The third-order valence-electron chi connectivity index (χ3n) is 3.72. The van der Waals surface area contributed by atoms with Gasteiger partial charge in [0.2, 0.25) is 0 Å². The molecule has 0 atom stereocenters. The summed E-state index contributed by atoms with van der Waals surface area (Å²) in [7, 11) is 1.61. The van der Waals surface area contributed by atoms with E-state index in [-0.39, 0.29) is 5.91 Å². The van der Waals surface area contributed by atoms with Gasteiger partial charge < -0.3 is 14.6 Å². The van der Waals surface area contributed by atoms with Crippen molar-refractivity contribution in [1.82, 2.24) is 19.9 Å². The van der Waals surface area contributed by atoms with Crippen LogP contribution in [0.2, 0.25) is 0 Å². The number of methoxy groups -OCH3 is 1. The highest BCUT2D eigenvalue weighted by Gasteiger charge is 2.14. The SMILES string of the molecule is COc1ccc2c(C(=O)NCCCn3ccnc3)nccc2c1Br. The molecule has 1 amide bonds. The number of aryl methyl sites for hydroxylation is 1. The minimum atomic E-state index is -0.178. The van der Waals surface area contributed by atoms with E-state index in [0.717, 1.165) is 34.0 Å². The topological polar surface area (TPSA) is 69.0 Å². The minimum absolute atomic E-state index is 0.178. The fraction of sp³-hybridized carbons (Fsp3) is 0.235. The van der Waals surface area contributed by atoms with Crippen LogP contribution in [0.4, 0.5) is 0 Å². The van der Waals surface area contributed by atoms with Crippen molar-refractivity contribution in [3.8, 4) is 5.75 Å². The maximum absolute atomic E-state index is 12.4. The lowest BCUT2D eigenvalue weighted by molar-refractivity contribution is 0.0949. The summed E-state index contributed by atoms with van der Waals surface area (Å²) in [5.41, 5.74) is 0.415. The van der Waals surface area contributed by atoms with Gasteiger partial charge in [-0.25, -0.2) is 4.98 Å². The summed E-state index contributed by atoms with van der Waals surface area (Å²) < 4.78 is 8.09. The van der Waals surface area contributed by atoms with Crippen molar-refractivity contribution in [3.05, 3.63) is 53.3 Å². The van der Waals surface area contributed by atoms with Crippen LogP contribution in [0, 0.1) is 0 Å². The second kappa shape index (κ2) is 7.44. The van der Waals surface area contributed by atoms with Crippen LogP contribution in [-0.2, 0) is 6.54 Å². The predicted molar refractivity (Wildman–Crippen MR) is 95.2 cm³/mol. The number of hydrogen-bond donors (Lipinski definition) is 1. The van der Waals surface area contributed by atoms with E-state index in [1.165, 1.54) is 0 Å². The number of fused-ring (bicyclic) bond motifs is 1. The van der Waals surface area contributed by atoms with Gasteiger partial charge in [0, 0.05) is 42.5 Å². The van der Waals surface area contributed by atoms with Crippen molar-refractivity contribution >= 4 is 32.6 Å². The number of benzene rings is 1. The zero-order chi connectivity index (χ0) is 16.9. The molecule has 3 rings (SSSR count). The zero-order valence-corrected chi connectivity index (χ0v) is 14.8. The summed E-state index contributed by atoms with van der Waals surface area (Å²) in [5, 5.41) is 4.61. The number of imidazole rings is 1. The Morgan fingerprint density at radius 2 is 2.17 bits per heavy atom. The van der Waals surface area contributed by atoms with Gasteiger partial charge in [-0.15, -0.1) is 0 Å². The van der Waals surface area contributed by atoms with E-state index >= 15 is 0 Å². The maximum atomic E-state index is 12.4. The number of rotatable bonds is 6. The summed E-state index contributed by atoms with van der Waals surface area (Å²) in [6.45, 7) is 1.39. The Balaban J connectivity index is 1.71. The third kappa shape index (κ3) is 3.41. The van der Waals surface area contributed by atoms with E-state index in [1.54, 1.807) is 25.8 Å². The number of pyridine rings is 1. The van der Waals surface area contributed by atoms with Crippen LogP contribution >= 0.6 is 15.9 Å². The maximum Gasteiger partial charge on any atom is 0.270 e. The molecule has 0 saturated carbocycles. The number of halogens is 1. The van der Waals surface area contributed by atoms with Crippen molar-refractivity contribution in [2.24, 2.45) is 0 Å². The molecule has 1 N–H and O–H groups in total. The average Bonchev–Trinajstić information content (AvgIpc) is 3.12. The van der Waals surface area contributed by atoms with Crippen LogP contribution in [0.1, 0.15) is 16.9 Å². The molecule has 1 aromatic carbocycles. The number of nitrogens with zero attached hydrogens (tertiary/aromatic N) is 3. The summed E-state index contributed by atoms with van der Waals surface area (Å²) in [6, 6.07) is 5.54. The van der Waals surface area contributed by atoms with Crippen LogP contribution in [0.25, 0.3) is 10.8 Å². The quantitative estimate of drug-likeness (QED) is 0.658. The first-order valence-corrected chi connectivity index (χ1v) is 8.35. The first kappa shape index (κ1) is 16.4. The van der Waals surface area contributed by atoms with Crippen LogP contribution in [0.3, 0.4) is 0 Å². The van der Waals surface area contributed by atoms with Gasteiger partial charge in [-0.1, -0.05) is 0 Å². The van der Waals surface area contributed by atoms with E-state index in [2.05, 4.69) is 31.2 Å². The Labute approximate surface area is 148 Å². The highest BCUT2D eigenvalue weighted by Crippen LogP contribution is 2.33. The first-order valence-electron chi connectivity index (χ1n) is 7.56. The molecule has 0 saturated heterocycles. The van der Waals surface area contributed by atoms with E-state index < -0.39 is 0 Å². The molecular weight excluding hydrogens is 372 g/mol. The molecule has 0 bridgehead atoms. The molecule has 24 heavy (non-hydrogen) atoms. The Kier molecular flexibility index (Phi) is 5.10. The first-order chi connectivity index (χ1) is 11.7. The van der Waals surface area contributed by atoms with Gasteiger partial charge in [0.05, 0.1) is 17.9 Å². The second-order valence-corrected chi connectivity index (χ2v) is 6.04. The van der Waals surface area contributed by atoms with Gasteiger partial charge in [-0.3, -0.25) is 9.78 Å².